The predicted molar refractivity (Wildman–Crippen MR) is 135 cm³/mol. The molecule has 0 aliphatic heterocycles. The number of nitrogens with two attached hydrogens (primary N) is 3. The van der Waals surface area contributed by atoms with Gasteiger partial charge in [0.2, 0.25) is 17.7 Å². The van der Waals surface area contributed by atoms with E-state index in [0.29, 0.717) is 50.9 Å². The summed E-state index contributed by atoms with van der Waals surface area (Å²) < 4.78 is 0. The van der Waals surface area contributed by atoms with Gasteiger partial charge >= 0.3 is 5.97 Å². The Morgan fingerprint density at radius 3 is 1.85 bits per heavy atom. The average molecular weight is 505 g/mol. The van der Waals surface area contributed by atoms with Crippen molar-refractivity contribution >= 4 is 35.5 Å². The molecule has 0 aromatic carbocycles. The number of carboxylic acid groups (broad SMARTS) is 1. The lowest BCUT2D eigenvalue weighted by Gasteiger charge is -2.27. The first-order valence-electron chi connectivity index (χ1n) is 11.9. The van der Waals surface area contributed by atoms with Crippen molar-refractivity contribution < 1.29 is 24.3 Å². The van der Waals surface area contributed by atoms with Crippen molar-refractivity contribution in [2.45, 2.75) is 83.0 Å². The Labute approximate surface area is 207 Å². The Morgan fingerprint density at radius 1 is 0.794 bits per heavy atom. The third kappa shape index (κ3) is 13.1. The van der Waals surface area contributed by atoms with Crippen LogP contribution in [0.15, 0.2) is 0 Å². The smallest absolute Gasteiger partial charge is 0.326 e. The Bertz CT molecular complexity index is 637. The highest BCUT2D eigenvalue weighted by atomic mass is 32.2. The van der Waals surface area contributed by atoms with Crippen LogP contribution in [-0.2, 0) is 19.2 Å². The van der Waals surface area contributed by atoms with Crippen molar-refractivity contribution in [1.82, 2.24) is 16.0 Å². The minimum Gasteiger partial charge on any atom is -0.480 e. The number of nitrogens with one attached hydrogen (secondary N) is 3. The summed E-state index contributed by atoms with van der Waals surface area (Å²) in [5, 5.41) is 17.4. The van der Waals surface area contributed by atoms with Crippen LogP contribution in [0.2, 0.25) is 0 Å². The number of amides is 3. The maximum atomic E-state index is 13.0. The summed E-state index contributed by atoms with van der Waals surface area (Å²) in [6.07, 6.45) is 5.54. The molecule has 10 N–H and O–H groups in total. The number of thioether (sulfide) groups is 1. The van der Waals surface area contributed by atoms with Crippen LogP contribution in [0.5, 0.6) is 0 Å². The van der Waals surface area contributed by atoms with Gasteiger partial charge in [-0.25, -0.2) is 4.79 Å². The van der Waals surface area contributed by atoms with Crippen LogP contribution in [0.25, 0.3) is 0 Å². The third-order valence-corrected chi connectivity index (χ3v) is 6.00. The number of carbonyl (C=O) groups is 4. The van der Waals surface area contributed by atoms with E-state index in [4.69, 9.17) is 17.2 Å². The summed E-state index contributed by atoms with van der Waals surface area (Å²) >= 11 is 1.50. The van der Waals surface area contributed by atoms with Gasteiger partial charge in [0.1, 0.15) is 18.1 Å². The molecule has 0 aliphatic rings. The van der Waals surface area contributed by atoms with Gasteiger partial charge in [-0.2, -0.15) is 11.8 Å². The SMILES string of the molecule is CSCCC(NC(=O)C(NC(=O)C(N)CCCCN)C(C)C)C(=O)NC(CCCCN)C(=O)O. The minimum atomic E-state index is -1.14. The second kappa shape index (κ2) is 18.4. The fourth-order valence-electron chi connectivity index (χ4n) is 3.22. The molecule has 0 bridgehead atoms. The molecule has 0 fully saturated rings. The van der Waals surface area contributed by atoms with Crippen LogP contribution in [0.1, 0.15) is 58.8 Å². The first-order chi connectivity index (χ1) is 16.1. The van der Waals surface area contributed by atoms with Crippen molar-refractivity contribution in [3.05, 3.63) is 0 Å². The number of unbranched alkanes of at least 4 members (excludes halogenated alkanes) is 2. The lowest BCUT2D eigenvalue weighted by molar-refractivity contribution is -0.142. The van der Waals surface area contributed by atoms with E-state index < -0.39 is 47.9 Å². The fraction of sp³-hybridized carbons (Fsp3) is 0.818. The lowest BCUT2D eigenvalue weighted by Crippen LogP contribution is -2.58. The molecule has 0 aromatic heterocycles. The highest BCUT2D eigenvalue weighted by Gasteiger charge is 2.31. The molecule has 198 valence electrons. The number of rotatable bonds is 19. The fourth-order valence-corrected chi connectivity index (χ4v) is 3.69. The lowest BCUT2D eigenvalue weighted by atomic mass is 10.0. The second-order valence-corrected chi connectivity index (χ2v) is 9.63. The Hall–Kier alpha value is -1.89. The van der Waals surface area contributed by atoms with Gasteiger partial charge in [-0.3, -0.25) is 14.4 Å². The quantitative estimate of drug-likeness (QED) is 0.113. The molecule has 12 heteroatoms. The summed E-state index contributed by atoms with van der Waals surface area (Å²) in [4.78, 5) is 49.9. The van der Waals surface area contributed by atoms with E-state index in [2.05, 4.69) is 16.0 Å². The van der Waals surface area contributed by atoms with Crippen molar-refractivity contribution in [3.63, 3.8) is 0 Å². The van der Waals surface area contributed by atoms with E-state index in [9.17, 15) is 24.3 Å². The zero-order chi connectivity index (χ0) is 26.1. The zero-order valence-electron chi connectivity index (χ0n) is 20.7. The topological polar surface area (TPSA) is 203 Å². The summed E-state index contributed by atoms with van der Waals surface area (Å²) in [6.45, 7) is 4.50. The maximum Gasteiger partial charge on any atom is 0.326 e. The van der Waals surface area contributed by atoms with E-state index in [1.165, 1.54) is 11.8 Å². The molecule has 0 saturated heterocycles. The summed E-state index contributed by atoms with van der Waals surface area (Å²) in [5.41, 5.74) is 16.9. The average Bonchev–Trinajstić information content (AvgIpc) is 2.78. The Morgan fingerprint density at radius 2 is 1.35 bits per heavy atom. The number of carboxylic acids is 1. The van der Waals surface area contributed by atoms with Gasteiger partial charge in [-0.1, -0.05) is 20.3 Å². The van der Waals surface area contributed by atoms with Crippen molar-refractivity contribution in [3.8, 4) is 0 Å². The van der Waals surface area contributed by atoms with Gasteiger partial charge in [0.05, 0.1) is 6.04 Å². The largest absolute Gasteiger partial charge is 0.480 e. The standard InChI is InChI=1S/C22H44N6O5S/c1-14(2)18(28-19(29)15(25)8-4-6-11-23)21(31)26-16(10-13-34-3)20(30)27-17(22(32)33)9-5-7-12-24/h14-18H,4-13,23-25H2,1-3H3,(H,26,31)(H,27,30)(H,28,29)(H,32,33). The molecule has 3 amide bonds. The zero-order valence-corrected chi connectivity index (χ0v) is 21.5. The number of carbonyl (C=O) groups excluding carboxylic acids is 3. The van der Waals surface area contributed by atoms with Gasteiger partial charge < -0.3 is 38.3 Å². The first kappa shape index (κ1) is 32.1. The van der Waals surface area contributed by atoms with Crippen LogP contribution < -0.4 is 33.2 Å². The predicted octanol–water partition coefficient (Wildman–Crippen LogP) is -0.480. The van der Waals surface area contributed by atoms with Crippen molar-refractivity contribution in [2.75, 3.05) is 25.1 Å². The Balaban J connectivity index is 5.26. The van der Waals surface area contributed by atoms with E-state index in [-0.39, 0.29) is 12.3 Å². The van der Waals surface area contributed by atoms with Crippen LogP contribution in [0.4, 0.5) is 0 Å². The molecule has 4 unspecified atom stereocenters. The summed E-state index contributed by atoms with van der Waals surface area (Å²) in [6, 6.07) is -3.66. The highest BCUT2D eigenvalue weighted by Crippen LogP contribution is 2.08. The van der Waals surface area contributed by atoms with Gasteiger partial charge in [0.15, 0.2) is 0 Å². The number of hydrogen-bond acceptors (Lipinski definition) is 8. The molecule has 0 radical (unpaired) electrons. The molecule has 0 heterocycles. The van der Waals surface area contributed by atoms with Gasteiger partial charge in [0.25, 0.3) is 0 Å². The molecule has 34 heavy (non-hydrogen) atoms. The van der Waals surface area contributed by atoms with Crippen LogP contribution in [0, 0.1) is 5.92 Å². The number of hydrogen-bond donors (Lipinski definition) is 7. The van der Waals surface area contributed by atoms with E-state index in [1.54, 1.807) is 13.8 Å². The number of aliphatic carboxylic acids is 1. The summed E-state index contributed by atoms with van der Waals surface area (Å²) in [5.74, 6) is -2.36. The maximum absolute atomic E-state index is 13.0. The second-order valence-electron chi connectivity index (χ2n) is 8.65. The molecule has 0 aromatic rings. The van der Waals surface area contributed by atoms with Gasteiger partial charge in [-0.15, -0.1) is 0 Å². The van der Waals surface area contributed by atoms with Crippen molar-refractivity contribution in [2.24, 2.45) is 23.1 Å². The minimum absolute atomic E-state index is 0.244. The molecular formula is C22H44N6O5S. The summed E-state index contributed by atoms with van der Waals surface area (Å²) in [7, 11) is 0. The van der Waals surface area contributed by atoms with Crippen LogP contribution >= 0.6 is 11.8 Å². The molecular weight excluding hydrogens is 460 g/mol. The van der Waals surface area contributed by atoms with Crippen molar-refractivity contribution in [1.29, 1.82) is 0 Å². The molecule has 4 atom stereocenters. The first-order valence-corrected chi connectivity index (χ1v) is 13.3. The van der Waals surface area contributed by atoms with Gasteiger partial charge in [-0.05, 0) is 69.5 Å². The molecule has 0 spiro atoms. The third-order valence-electron chi connectivity index (χ3n) is 5.36. The molecule has 0 rings (SSSR count). The van der Waals surface area contributed by atoms with E-state index in [0.717, 1.165) is 6.42 Å². The highest BCUT2D eigenvalue weighted by molar-refractivity contribution is 7.98. The monoisotopic (exact) mass is 504 g/mol. The molecule has 11 nitrogen and oxygen atoms in total. The Kier molecular flexibility index (Phi) is 17.4. The van der Waals surface area contributed by atoms with Crippen LogP contribution in [0.3, 0.4) is 0 Å². The van der Waals surface area contributed by atoms with Crippen LogP contribution in [-0.4, -0.2) is 78.1 Å². The molecule has 0 aliphatic carbocycles. The van der Waals surface area contributed by atoms with E-state index >= 15 is 0 Å². The van der Waals surface area contributed by atoms with E-state index in [1.807, 2.05) is 6.26 Å². The normalized spacial score (nSPS) is 14.7. The molecule has 0 saturated carbocycles. The van der Waals surface area contributed by atoms with Gasteiger partial charge in [0, 0.05) is 0 Å².